The van der Waals surface area contributed by atoms with Gasteiger partial charge in [-0.05, 0) is 64.8 Å². The molecule has 2 N–H and O–H groups in total. The monoisotopic (exact) mass is 375 g/mol. The Morgan fingerprint density at radius 2 is 1.96 bits per heavy atom. The summed E-state index contributed by atoms with van der Waals surface area (Å²) < 4.78 is 0. The zero-order valence-corrected chi connectivity index (χ0v) is 16.9. The van der Waals surface area contributed by atoms with Crippen LogP contribution in [0.3, 0.4) is 0 Å². The Hall–Kier alpha value is -1.92. The lowest BCUT2D eigenvalue weighted by Gasteiger charge is -2.29. The molecule has 6 heteroatoms. The number of carboxylic acids is 1. The highest BCUT2D eigenvalue weighted by Crippen LogP contribution is 2.19. The van der Waals surface area contributed by atoms with Gasteiger partial charge in [0.15, 0.2) is 0 Å². The maximum atomic E-state index is 12.8. The Bertz CT molecular complexity index is 649. The molecule has 1 aromatic rings. The van der Waals surface area contributed by atoms with Crippen molar-refractivity contribution in [2.75, 3.05) is 26.7 Å². The standard InChI is InChI=1S/C21H33N3O3/c1-15-8-5-6-10-19(15)16(2)22-21(27)17(3)24-12-7-9-18(11-13-24)23(4)14-20(25)26/h5-6,8,10,16-18H,7,9,11-14H2,1-4H3,(H,22,27)(H,25,26). The van der Waals surface area contributed by atoms with Crippen LogP contribution in [0.5, 0.6) is 0 Å². The Labute approximate surface area is 162 Å². The van der Waals surface area contributed by atoms with Crippen molar-refractivity contribution in [3.05, 3.63) is 35.4 Å². The second kappa shape index (κ2) is 9.85. The minimum atomic E-state index is -0.795. The van der Waals surface area contributed by atoms with Crippen LogP contribution in [0.1, 0.15) is 50.3 Å². The fourth-order valence-electron chi connectivity index (χ4n) is 3.92. The number of likely N-dealkylation sites (N-methyl/N-ethyl adjacent to an activating group) is 1. The number of carbonyl (C=O) groups excluding carboxylic acids is 1. The van der Waals surface area contributed by atoms with Crippen LogP contribution in [0.25, 0.3) is 0 Å². The molecule has 1 amide bonds. The number of rotatable bonds is 7. The molecule has 1 aliphatic heterocycles. The number of carboxylic acid groups (broad SMARTS) is 1. The number of carbonyl (C=O) groups is 2. The number of hydrogen-bond donors (Lipinski definition) is 2. The van der Waals surface area contributed by atoms with Gasteiger partial charge in [0.1, 0.15) is 0 Å². The van der Waals surface area contributed by atoms with Crippen LogP contribution in [0.4, 0.5) is 0 Å². The zero-order valence-electron chi connectivity index (χ0n) is 16.9. The van der Waals surface area contributed by atoms with Gasteiger partial charge in [0.2, 0.25) is 5.91 Å². The second-order valence-electron chi connectivity index (χ2n) is 7.69. The van der Waals surface area contributed by atoms with Gasteiger partial charge in [0.05, 0.1) is 18.6 Å². The third-order valence-electron chi connectivity index (χ3n) is 5.68. The van der Waals surface area contributed by atoms with Crippen LogP contribution >= 0.6 is 0 Å². The lowest BCUT2D eigenvalue weighted by molar-refractivity contribution is -0.138. The molecule has 1 aliphatic rings. The van der Waals surface area contributed by atoms with E-state index in [1.165, 1.54) is 5.56 Å². The van der Waals surface area contributed by atoms with E-state index in [0.717, 1.165) is 37.9 Å². The quantitative estimate of drug-likeness (QED) is 0.766. The number of nitrogens with zero attached hydrogens (tertiary/aromatic N) is 2. The maximum absolute atomic E-state index is 12.8. The summed E-state index contributed by atoms with van der Waals surface area (Å²) in [5.74, 6) is -0.750. The SMILES string of the molecule is Cc1ccccc1C(C)NC(=O)C(C)N1CCCC(N(C)CC(=O)O)CC1. The molecule has 1 heterocycles. The van der Waals surface area contributed by atoms with E-state index >= 15 is 0 Å². The van der Waals surface area contributed by atoms with E-state index in [2.05, 4.69) is 29.3 Å². The van der Waals surface area contributed by atoms with Crippen LogP contribution in [0.2, 0.25) is 0 Å². The second-order valence-corrected chi connectivity index (χ2v) is 7.69. The van der Waals surface area contributed by atoms with Gasteiger partial charge in [0, 0.05) is 12.6 Å². The van der Waals surface area contributed by atoms with Crippen LogP contribution in [0, 0.1) is 6.92 Å². The molecule has 6 nitrogen and oxygen atoms in total. The lowest BCUT2D eigenvalue weighted by Crippen LogP contribution is -2.46. The van der Waals surface area contributed by atoms with Crippen molar-refractivity contribution in [3.63, 3.8) is 0 Å². The Kier molecular flexibility index (Phi) is 7.80. The molecular formula is C21H33N3O3. The molecule has 1 fully saturated rings. The van der Waals surface area contributed by atoms with Gasteiger partial charge in [-0.3, -0.25) is 19.4 Å². The molecule has 27 heavy (non-hydrogen) atoms. The number of benzene rings is 1. The lowest BCUT2D eigenvalue weighted by atomic mass is 10.0. The normalized spacial score (nSPS) is 20.7. The zero-order chi connectivity index (χ0) is 20.0. The molecule has 150 valence electrons. The highest BCUT2D eigenvalue weighted by molar-refractivity contribution is 5.81. The van der Waals surface area contributed by atoms with Gasteiger partial charge >= 0.3 is 5.97 Å². The molecule has 0 spiro atoms. The van der Waals surface area contributed by atoms with Crippen molar-refractivity contribution in [2.24, 2.45) is 0 Å². The van der Waals surface area contributed by atoms with Gasteiger partial charge in [-0.1, -0.05) is 24.3 Å². The Morgan fingerprint density at radius 3 is 2.63 bits per heavy atom. The van der Waals surface area contributed by atoms with Crippen molar-refractivity contribution >= 4 is 11.9 Å². The van der Waals surface area contributed by atoms with E-state index in [1.54, 1.807) is 0 Å². The number of nitrogens with one attached hydrogen (secondary N) is 1. The molecule has 0 bridgehead atoms. The molecule has 2 rings (SSSR count). The predicted molar refractivity (Wildman–Crippen MR) is 107 cm³/mol. The first-order valence-electron chi connectivity index (χ1n) is 9.81. The molecule has 0 radical (unpaired) electrons. The summed E-state index contributed by atoms with van der Waals surface area (Å²) in [5, 5.41) is 12.1. The Balaban J connectivity index is 1.91. The summed E-state index contributed by atoms with van der Waals surface area (Å²) in [6, 6.07) is 8.15. The van der Waals surface area contributed by atoms with E-state index in [-0.39, 0.29) is 30.6 Å². The van der Waals surface area contributed by atoms with Gasteiger partial charge in [0.25, 0.3) is 0 Å². The molecule has 1 saturated heterocycles. The summed E-state index contributed by atoms with van der Waals surface area (Å²) in [7, 11) is 1.87. The summed E-state index contributed by atoms with van der Waals surface area (Å²) in [6.45, 7) is 7.78. The van der Waals surface area contributed by atoms with Crippen molar-refractivity contribution in [1.82, 2.24) is 15.1 Å². The first-order chi connectivity index (χ1) is 12.8. The molecule has 0 saturated carbocycles. The van der Waals surface area contributed by atoms with Crippen molar-refractivity contribution in [1.29, 1.82) is 0 Å². The fourth-order valence-corrected chi connectivity index (χ4v) is 3.92. The van der Waals surface area contributed by atoms with Crippen LogP contribution in [0.15, 0.2) is 24.3 Å². The number of amides is 1. The molecule has 3 unspecified atom stereocenters. The fraction of sp³-hybridized carbons (Fsp3) is 0.619. The molecule has 3 atom stereocenters. The first kappa shape index (κ1) is 21.4. The minimum Gasteiger partial charge on any atom is -0.480 e. The summed E-state index contributed by atoms with van der Waals surface area (Å²) in [6.07, 6.45) is 2.82. The molecule has 1 aromatic carbocycles. The number of aryl methyl sites for hydroxylation is 1. The number of hydrogen-bond acceptors (Lipinski definition) is 4. The van der Waals surface area contributed by atoms with E-state index in [9.17, 15) is 9.59 Å². The maximum Gasteiger partial charge on any atom is 0.317 e. The van der Waals surface area contributed by atoms with E-state index < -0.39 is 5.97 Å². The number of likely N-dealkylation sites (tertiary alicyclic amines) is 1. The van der Waals surface area contributed by atoms with Gasteiger partial charge in [-0.15, -0.1) is 0 Å². The van der Waals surface area contributed by atoms with Gasteiger partial charge in [-0.25, -0.2) is 0 Å². The minimum absolute atomic E-state index is 0.0254. The number of aliphatic carboxylic acids is 1. The van der Waals surface area contributed by atoms with Crippen LogP contribution in [-0.2, 0) is 9.59 Å². The van der Waals surface area contributed by atoms with Crippen molar-refractivity contribution < 1.29 is 14.7 Å². The van der Waals surface area contributed by atoms with E-state index in [0.29, 0.717) is 0 Å². The average molecular weight is 376 g/mol. The summed E-state index contributed by atoms with van der Waals surface area (Å²) in [4.78, 5) is 27.8. The molecular weight excluding hydrogens is 342 g/mol. The van der Waals surface area contributed by atoms with E-state index in [1.807, 2.05) is 37.9 Å². The smallest absolute Gasteiger partial charge is 0.317 e. The highest BCUT2D eigenvalue weighted by Gasteiger charge is 2.27. The Morgan fingerprint density at radius 1 is 1.26 bits per heavy atom. The third kappa shape index (κ3) is 6.04. The van der Waals surface area contributed by atoms with Crippen molar-refractivity contribution in [3.8, 4) is 0 Å². The van der Waals surface area contributed by atoms with Crippen LogP contribution in [-0.4, -0.2) is 65.5 Å². The summed E-state index contributed by atoms with van der Waals surface area (Å²) >= 11 is 0. The average Bonchev–Trinajstić information content (AvgIpc) is 2.87. The predicted octanol–water partition coefficient (Wildman–Crippen LogP) is 2.43. The highest BCUT2D eigenvalue weighted by atomic mass is 16.4. The van der Waals surface area contributed by atoms with Crippen LogP contribution < -0.4 is 5.32 Å². The topological polar surface area (TPSA) is 72.9 Å². The van der Waals surface area contributed by atoms with E-state index in [4.69, 9.17) is 5.11 Å². The van der Waals surface area contributed by atoms with Gasteiger partial charge in [-0.2, -0.15) is 0 Å². The largest absolute Gasteiger partial charge is 0.480 e. The third-order valence-corrected chi connectivity index (χ3v) is 5.68. The first-order valence-corrected chi connectivity index (χ1v) is 9.81. The van der Waals surface area contributed by atoms with Crippen molar-refractivity contribution in [2.45, 2.75) is 58.2 Å². The van der Waals surface area contributed by atoms with Gasteiger partial charge < -0.3 is 10.4 Å². The summed E-state index contributed by atoms with van der Waals surface area (Å²) in [5.41, 5.74) is 2.32. The molecule has 0 aromatic heterocycles. The molecule has 0 aliphatic carbocycles.